The average molecular weight is 212 g/mol. The first-order chi connectivity index (χ1) is 7.15. The molecule has 15 heavy (non-hydrogen) atoms. The molecule has 2 N–H and O–H groups in total. The van der Waals surface area contributed by atoms with E-state index < -0.39 is 0 Å². The molecule has 0 spiro atoms. The summed E-state index contributed by atoms with van der Waals surface area (Å²) in [5.74, 6) is -0.304. The van der Waals surface area contributed by atoms with E-state index in [2.05, 4.69) is 0 Å². The second kappa shape index (κ2) is 5.56. The van der Waals surface area contributed by atoms with Crippen molar-refractivity contribution in [1.82, 2.24) is 0 Å². The second-order valence-corrected chi connectivity index (χ2v) is 3.47. The third-order valence-electron chi connectivity index (χ3n) is 2.24. The summed E-state index contributed by atoms with van der Waals surface area (Å²) in [5.41, 5.74) is 7.04. The fraction of sp³-hybridized carbons (Fsp3) is 0.455. The number of hydrogen-bond acceptors (Lipinski definition) is 3. The van der Waals surface area contributed by atoms with Crippen LogP contribution in [0.2, 0.25) is 0 Å². The van der Waals surface area contributed by atoms with Crippen LogP contribution in [0.5, 0.6) is 0 Å². The van der Waals surface area contributed by atoms with Crippen LogP contribution in [0.4, 0.5) is 15.8 Å². The van der Waals surface area contributed by atoms with E-state index in [-0.39, 0.29) is 5.82 Å². The normalized spacial score (nSPS) is 10.3. The second-order valence-electron chi connectivity index (χ2n) is 3.47. The summed E-state index contributed by atoms with van der Waals surface area (Å²) in [4.78, 5) is 1.99. The molecule has 0 fully saturated rings. The lowest BCUT2D eigenvalue weighted by Crippen LogP contribution is -2.20. The maximum absolute atomic E-state index is 12.8. The molecule has 0 aliphatic carbocycles. The number of halogens is 1. The summed E-state index contributed by atoms with van der Waals surface area (Å²) in [6.07, 6.45) is 0.920. The quantitative estimate of drug-likeness (QED) is 0.598. The maximum Gasteiger partial charge on any atom is 0.125 e. The predicted molar refractivity (Wildman–Crippen MR) is 60.6 cm³/mol. The molecule has 1 rings (SSSR count). The van der Waals surface area contributed by atoms with E-state index in [1.54, 1.807) is 13.2 Å². The molecule has 0 aromatic heterocycles. The molecule has 84 valence electrons. The van der Waals surface area contributed by atoms with Gasteiger partial charge in [0.2, 0.25) is 0 Å². The maximum atomic E-state index is 12.8. The van der Waals surface area contributed by atoms with Crippen LogP contribution in [-0.4, -0.2) is 27.3 Å². The minimum absolute atomic E-state index is 0.304. The number of ether oxygens (including phenoxy) is 1. The minimum Gasteiger partial charge on any atom is -0.397 e. The Bertz CT molecular complexity index is 317. The Morgan fingerprint density at radius 1 is 1.47 bits per heavy atom. The number of benzene rings is 1. The van der Waals surface area contributed by atoms with Crippen LogP contribution in [0.25, 0.3) is 0 Å². The number of rotatable bonds is 5. The lowest BCUT2D eigenvalue weighted by atomic mass is 10.2. The highest BCUT2D eigenvalue weighted by Crippen LogP contribution is 2.22. The monoisotopic (exact) mass is 212 g/mol. The fourth-order valence-electron chi connectivity index (χ4n) is 1.44. The Morgan fingerprint density at radius 3 is 2.80 bits per heavy atom. The molecule has 0 heterocycles. The van der Waals surface area contributed by atoms with Crippen molar-refractivity contribution in [3.8, 4) is 0 Å². The van der Waals surface area contributed by atoms with Crippen molar-refractivity contribution in [2.75, 3.05) is 37.9 Å². The minimum atomic E-state index is -0.304. The predicted octanol–water partition coefficient (Wildman–Crippen LogP) is 1.88. The molecule has 0 bridgehead atoms. The zero-order valence-corrected chi connectivity index (χ0v) is 9.16. The van der Waals surface area contributed by atoms with Gasteiger partial charge in [0.25, 0.3) is 0 Å². The van der Waals surface area contributed by atoms with E-state index in [9.17, 15) is 4.39 Å². The number of nitrogens with two attached hydrogens (primary N) is 1. The topological polar surface area (TPSA) is 38.5 Å². The Kier molecular flexibility index (Phi) is 4.37. The van der Waals surface area contributed by atoms with Crippen LogP contribution in [0.15, 0.2) is 18.2 Å². The molecule has 1 aromatic carbocycles. The first-order valence-electron chi connectivity index (χ1n) is 4.90. The van der Waals surface area contributed by atoms with Gasteiger partial charge in [-0.05, 0) is 24.6 Å². The van der Waals surface area contributed by atoms with Crippen LogP contribution in [0.1, 0.15) is 6.42 Å². The molecule has 0 saturated carbocycles. The number of nitrogen functional groups attached to an aromatic ring is 1. The molecular formula is C11H17FN2O. The summed E-state index contributed by atoms with van der Waals surface area (Å²) in [6, 6.07) is 4.44. The van der Waals surface area contributed by atoms with E-state index in [0.29, 0.717) is 12.3 Å². The van der Waals surface area contributed by atoms with Gasteiger partial charge in [-0.2, -0.15) is 0 Å². The fourth-order valence-corrected chi connectivity index (χ4v) is 1.44. The van der Waals surface area contributed by atoms with Crippen LogP contribution in [0, 0.1) is 5.82 Å². The highest BCUT2D eigenvalue weighted by molar-refractivity contribution is 5.67. The van der Waals surface area contributed by atoms with Gasteiger partial charge in [-0.1, -0.05) is 0 Å². The third-order valence-corrected chi connectivity index (χ3v) is 2.24. The standard InChI is InChI=1S/C11H17FN2O/c1-14(6-3-7-15-2)11-5-4-9(12)8-10(11)13/h4-5,8H,3,6-7,13H2,1-2H3. The van der Waals surface area contributed by atoms with E-state index >= 15 is 0 Å². The molecule has 0 aliphatic heterocycles. The molecule has 3 nitrogen and oxygen atoms in total. The Labute approximate surface area is 89.6 Å². The summed E-state index contributed by atoms with van der Waals surface area (Å²) < 4.78 is 17.8. The summed E-state index contributed by atoms with van der Waals surface area (Å²) in [5, 5.41) is 0. The SMILES string of the molecule is COCCCN(C)c1ccc(F)cc1N. The van der Waals surface area contributed by atoms with Gasteiger partial charge in [-0.15, -0.1) is 0 Å². The summed E-state index contributed by atoms with van der Waals surface area (Å²) >= 11 is 0. The molecule has 0 radical (unpaired) electrons. The summed E-state index contributed by atoms with van der Waals surface area (Å²) in [7, 11) is 3.60. The molecule has 1 aromatic rings. The van der Waals surface area contributed by atoms with E-state index in [4.69, 9.17) is 10.5 Å². The zero-order valence-electron chi connectivity index (χ0n) is 9.16. The molecule has 0 amide bonds. The Balaban J connectivity index is 2.61. The van der Waals surface area contributed by atoms with Crippen LogP contribution >= 0.6 is 0 Å². The molecule has 4 heteroatoms. The van der Waals surface area contributed by atoms with Crippen molar-refractivity contribution in [3.05, 3.63) is 24.0 Å². The number of methoxy groups -OCH3 is 1. The Morgan fingerprint density at radius 2 is 2.20 bits per heavy atom. The number of nitrogens with zero attached hydrogens (tertiary/aromatic N) is 1. The van der Waals surface area contributed by atoms with Crippen LogP contribution in [-0.2, 0) is 4.74 Å². The first-order valence-corrected chi connectivity index (χ1v) is 4.90. The molecule has 0 saturated heterocycles. The largest absolute Gasteiger partial charge is 0.397 e. The average Bonchev–Trinajstić information content (AvgIpc) is 2.17. The Hall–Kier alpha value is -1.29. The third kappa shape index (κ3) is 3.40. The smallest absolute Gasteiger partial charge is 0.125 e. The lowest BCUT2D eigenvalue weighted by molar-refractivity contribution is 0.196. The summed E-state index contributed by atoms with van der Waals surface area (Å²) in [6.45, 7) is 1.55. The molecule has 0 atom stereocenters. The van der Waals surface area contributed by atoms with E-state index in [1.165, 1.54) is 12.1 Å². The van der Waals surface area contributed by atoms with Crippen molar-refractivity contribution >= 4 is 11.4 Å². The van der Waals surface area contributed by atoms with Crippen molar-refractivity contribution in [3.63, 3.8) is 0 Å². The van der Waals surface area contributed by atoms with Gasteiger partial charge in [0.1, 0.15) is 5.82 Å². The van der Waals surface area contributed by atoms with Crippen molar-refractivity contribution in [2.24, 2.45) is 0 Å². The van der Waals surface area contributed by atoms with Crippen molar-refractivity contribution in [1.29, 1.82) is 0 Å². The molecule has 0 aliphatic rings. The highest BCUT2D eigenvalue weighted by atomic mass is 19.1. The molecule has 0 unspecified atom stereocenters. The lowest BCUT2D eigenvalue weighted by Gasteiger charge is -2.20. The van der Waals surface area contributed by atoms with Gasteiger partial charge in [-0.25, -0.2) is 4.39 Å². The van der Waals surface area contributed by atoms with Crippen LogP contribution in [0.3, 0.4) is 0 Å². The van der Waals surface area contributed by atoms with Gasteiger partial charge in [0, 0.05) is 27.3 Å². The van der Waals surface area contributed by atoms with Crippen LogP contribution < -0.4 is 10.6 Å². The number of anilines is 2. The van der Waals surface area contributed by atoms with Crippen molar-refractivity contribution < 1.29 is 9.13 Å². The van der Waals surface area contributed by atoms with Gasteiger partial charge in [0.15, 0.2) is 0 Å². The van der Waals surface area contributed by atoms with E-state index in [0.717, 1.165) is 18.7 Å². The van der Waals surface area contributed by atoms with E-state index in [1.807, 2.05) is 11.9 Å². The number of hydrogen-bond donors (Lipinski definition) is 1. The van der Waals surface area contributed by atoms with Gasteiger partial charge >= 0.3 is 0 Å². The molecular weight excluding hydrogens is 195 g/mol. The first kappa shape index (κ1) is 11.8. The zero-order chi connectivity index (χ0) is 11.3. The van der Waals surface area contributed by atoms with Gasteiger partial charge < -0.3 is 15.4 Å². The van der Waals surface area contributed by atoms with Gasteiger partial charge in [0.05, 0.1) is 11.4 Å². The highest BCUT2D eigenvalue weighted by Gasteiger charge is 2.05. The van der Waals surface area contributed by atoms with Crippen molar-refractivity contribution in [2.45, 2.75) is 6.42 Å². The van der Waals surface area contributed by atoms with Gasteiger partial charge in [-0.3, -0.25) is 0 Å².